The number of nitrogens with zero attached hydrogens (tertiary/aromatic N) is 2. The molecular weight excluding hydrogens is 422 g/mol. The topological polar surface area (TPSA) is 115 Å². The molecule has 0 atom stereocenters. The highest BCUT2D eigenvalue weighted by Gasteiger charge is 2.26. The van der Waals surface area contributed by atoms with Crippen LogP contribution in [0.4, 0.5) is 5.69 Å². The zero-order valence-corrected chi connectivity index (χ0v) is 18.3. The van der Waals surface area contributed by atoms with Crippen molar-refractivity contribution in [3.8, 4) is 5.88 Å². The Hall–Kier alpha value is -2.98. The predicted molar refractivity (Wildman–Crippen MR) is 113 cm³/mol. The third kappa shape index (κ3) is 5.39. The number of hydrogen-bond donors (Lipinski definition) is 1. The molecule has 9 nitrogen and oxygen atoms in total. The molecule has 1 amide bonds. The molecule has 1 aliphatic heterocycles. The summed E-state index contributed by atoms with van der Waals surface area (Å²) < 4.78 is 37.3. The summed E-state index contributed by atoms with van der Waals surface area (Å²) in [4.78, 5) is 28.6. The summed E-state index contributed by atoms with van der Waals surface area (Å²) >= 11 is 0. The van der Waals surface area contributed by atoms with Gasteiger partial charge in [-0.1, -0.05) is 12.5 Å². The van der Waals surface area contributed by atoms with Crippen molar-refractivity contribution in [1.82, 2.24) is 9.29 Å². The van der Waals surface area contributed by atoms with Crippen molar-refractivity contribution in [2.75, 3.05) is 32.1 Å². The van der Waals surface area contributed by atoms with Crippen molar-refractivity contribution in [2.24, 2.45) is 0 Å². The monoisotopic (exact) mass is 447 g/mol. The number of piperidine rings is 1. The van der Waals surface area contributed by atoms with E-state index in [0.717, 1.165) is 19.3 Å². The summed E-state index contributed by atoms with van der Waals surface area (Å²) in [7, 11) is -2.26. The maximum Gasteiger partial charge on any atom is 0.344 e. The fourth-order valence-corrected chi connectivity index (χ4v) is 4.80. The molecule has 0 spiro atoms. The SMILES string of the molecule is COc1ncccc1C(=O)OCC(=O)Nc1cc(S(=O)(=O)N2CCCCC2)ccc1C. The highest BCUT2D eigenvalue weighted by molar-refractivity contribution is 7.89. The molecule has 166 valence electrons. The van der Waals surface area contributed by atoms with Crippen LogP contribution in [-0.2, 0) is 19.6 Å². The third-order valence-electron chi connectivity index (χ3n) is 4.95. The molecule has 1 aromatic heterocycles. The molecule has 1 fully saturated rings. The van der Waals surface area contributed by atoms with Gasteiger partial charge in [-0.15, -0.1) is 0 Å². The van der Waals surface area contributed by atoms with Gasteiger partial charge in [0.15, 0.2) is 6.61 Å². The van der Waals surface area contributed by atoms with Crippen LogP contribution in [0.15, 0.2) is 41.4 Å². The molecule has 10 heteroatoms. The minimum Gasteiger partial charge on any atom is -0.480 e. The van der Waals surface area contributed by atoms with Gasteiger partial charge in [-0.2, -0.15) is 4.31 Å². The number of anilines is 1. The summed E-state index contributed by atoms with van der Waals surface area (Å²) in [5.74, 6) is -1.25. The molecule has 1 saturated heterocycles. The molecule has 2 heterocycles. The number of ether oxygens (including phenoxy) is 2. The molecule has 0 saturated carbocycles. The Kier molecular flexibility index (Phi) is 7.24. The fraction of sp³-hybridized carbons (Fsp3) is 0.381. The van der Waals surface area contributed by atoms with E-state index in [2.05, 4.69) is 10.3 Å². The largest absolute Gasteiger partial charge is 0.480 e. The lowest BCUT2D eigenvalue weighted by molar-refractivity contribution is -0.119. The van der Waals surface area contributed by atoms with E-state index in [1.165, 1.54) is 35.8 Å². The number of esters is 1. The zero-order valence-electron chi connectivity index (χ0n) is 17.5. The molecule has 0 aliphatic carbocycles. The summed E-state index contributed by atoms with van der Waals surface area (Å²) in [6, 6.07) is 7.63. The fourth-order valence-electron chi connectivity index (χ4n) is 3.25. The number of hydrogen-bond acceptors (Lipinski definition) is 7. The number of aryl methyl sites for hydroxylation is 1. The molecule has 0 radical (unpaired) electrons. The number of rotatable bonds is 7. The lowest BCUT2D eigenvalue weighted by atomic mass is 10.2. The minimum atomic E-state index is -3.63. The number of amides is 1. The Morgan fingerprint density at radius 3 is 2.61 bits per heavy atom. The lowest BCUT2D eigenvalue weighted by Crippen LogP contribution is -2.35. The standard InChI is InChI=1S/C21H25N3O6S/c1-15-8-9-16(31(27,28)24-11-4-3-5-12-24)13-18(15)23-19(25)14-30-21(26)17-7-6-10-22-20(17)29-2/h6-10,13H,3-5,11-12,14H2,1-2H3,(H,23,25). The van der Waals surface area contributed by atoms with Crippen LogP contribution in [-0.4, -0.2) is 56.4 Å². The van der Waals surface area contributed by atoms with E-state index in [9.17, 15) is 18.0 Å². The van der Waals surface area contributed by atoms with Gasteiger partial charge in [0.25, 0.3) is 5.91 Å². The number of nitrogens with one attached hydrogen (secondary N) is 1. The summed E-state index contributed by atoms with van der Waals surface area (Å²) in [5, 5.41) is 2.62. The van der Waals surface area contributed by atoms with Gasteiger partial charge in [-0.3, -0.25) is 4.79 Å². The zero-order chi connectivity index (χ0) is 22.4. The Bertz CT molecular complexity index is 1060. The first-order valence-corrected chi connectivity index (χ1v) is 11.3. The van der Waals surface area contributed by atoms with Crippen molar-refractivity contribution < 1.29 is 27.5 Å². The van der Waals surface area contributed by atoms with E-state index in [1.54, 1.807) is 19.1 Å². The summed E-state index contributed by atoms with van der Waals surface area (Å²) in [6.45, 7) is 2.19. The first-order valence-electron chi connectivity index (χ1n) is 9.89. The second kappa shape index (κ2) is 9.88. The smallest absolute Gasteiger partial charge is 0.344 e. The van der Waals surface area contributed by atoms with Crippen molar-refractivity contribution >= 4 is 27.6 Å². The Morgan fingerprint density at radius 2 is 1.90 bits per heavy atom. The van der Waals surface area contributed by atoms with Crippen LogP contribution in [0.5, 0.6) is 5.88 Å². The summed E-state index contributed by atoms with van der Waals surface area (Å²) in [6.07, 6.45) is 4.16. The van der Waals surface area contributed by atoms with E-state index in [1.807, 2.05) is 0 Å². The van der Waals surface area contributed by atoms with E-state index in [0.29, 0.717) is 24.3 Å². The van der Waals surface area contributed by atoms with Crippen LogP contribution < -0.4 is 10.1 Å². The number of carbonyl (C=O) groups is 2. The first-order chi connectivity index (χ1) is 14.8. The van der Waals surface area contributed by atoms with Gasteiger partial charge < -0.3 is 14.8 Å². The quantitative estimate of drug-likeness (QED) is 0.648. The van der Waals surface area contributed by atoms with Crippen LogP contribution in [0.3, 0.4) is 0 Å². The molecule has 1 aromatic carbocycles. The van der Waals surface area contributed by atoms with E-state index in [4.69, 9.17) is 9.47 Å². The van der Waals surface area contributed by atoms with E-state index < -0.39 is 28.5 Å². The maximum atomic E-state index is 12.9. The first kappa shape index (κ1) is 22.7. The number of sulfonamides is 1. The number of benzene rings is 1. The van der Waals surface area contributed by atoms with Crippen LogP contribution in [0, 0.1) is 6.92 Å². The van der Waals surface area contributed by atoms with Crippen LogP contribution in [0.25, 0.3) is 0 Å². The van der Waals surface area contributed by atoms with Crippen LogP contribution >= 0.6 is 0 Å². The number of pyridine rings is 1. The van der Waals surface area contributed by atoms with Crippen molar-refractivity contribution in [1.29, 1.82) is 0 Å². The molecule has 0 bridgehead atoms. The van der Waals surface area contributed by atoms with E-state index in [-0.39, 0.29) is 16.3 Å². The normalized spacial score (nSPS) is 14.6. The number of methoxy groups -OCH3 is 1. The minimum absolute atomic E-state index is 0.0966. The average Bonchev–Trinajstić information content (AvgIpc) is 2.79. The van der Waals surface area contributed by atoms with Crippen LogP contribution in [0.2, 0.25) is 0 Å². The van der Waals surface area contributed by atoms with Gasteiger partial charge in [0.05, 0.1) is 12.0 Å². The van der Waals surface area contributed by atoms with Crippen molar-refractivity contribution in [2.45, 2.75) is 31.1 Å². The maximum absolute atomic E-state index is 12.9. The molecular formula is C21H25N3O6S. The number of aromatic nitrogens is 1. The van der Waals surface area contributed by atoms with Gasteiger partial charge in [0, 0.05) is 25.0 Å². The van der Waals surface area contributed by atoms with Gasteiger partial charge >= 0.3 is 5.97 Å². The second-order valence-electron chi connectivity index (χ2n) is 7.13. The van der Waals surface area contributed by atoms with Gasteiger partial charge in [0.2, 0.25) is 15.9 Å². The lowest BCUT2D eigenvalue weighted by Gasteiger charge is -2.26. The average molecular weight is 448 g/mol. The van der Waals surface area contributed by atoms with Gasteiger partial charge in [0.1, 0.15) is 5.56 Å². The van der Waals surface area contributed by atoms with Crippen LogP contribution in [0.1, 0.15) is 35.2 Å². The van der Waals surface area contributed by atoms with Gasteiger partial charge in [-0.25, -0.2) is 18.2 Å². The van der Waals surface area contributed by atoms with Crippen molar-refractivity contribution in [3.05, 3.63) is 47.7 Å². The molecule has 2 aromatic rings. The highest BCUT2D eigenvalue weighted by Crippen LogP contribution is 2.25. The van der Waals surface area contributed by atoms with E-state index >= 15 is 0 Å². The molecule has 0 unspecified atom stereocenters. The number of carbonyl (C=O) groups excluding carboxylic acids is 2. The van der Waals surface area contributed by atoms with Crippen molar-refractivity contribution in [3.63, 3.8) is 0 Å². The Morgan fingerprint density at radius 1 is 1.16 bits per heavy atom. The third-order valence-corrected chi connectivity index (χ3v) is 6.85. The summed E-state index contributed by atoms with van der Waals surface area (Å²) in [5.41, 5.74) is 1.13. The second-order valence-corrected chi connectivity index (χ2v) is 9.06. The van der Waals surface area contributed by atoms with Gasteiger partial charge in [-0.05, 0) is 49.6 Å². The highest BCUT2D eigenvalue weighted by atomic mass is 32.2. The molecule has 1 N–H and O–H groups in total. The Labute approximate surface area is 181 Å². The predicted octanol–water partition coefficient (Wildman–Crippen LogP) is 2.37. The molecule has 3 rings (SSSR count). The Balaban J connectivity index is 1.67. The molecule has 1 aliphatic rings. The molecule has 31 heavy (non-hydrogen) atoms.